The van der Waals surface area contributed by atoms with E-state index in [4.69, 9.17) is 45.3 Å². The molecular formula is C20H23Cl3N4O2. The predicted octanol–water partition coefficient (Wildman–Crippen LogP) is 3.83. The lowest BCUT2D eigenvalue weighted by Gasteiger charge is -2.41. The van der Waals surface area contributed by atoms with E-state index in [1.807, 2.05) is 6.92 Å². The van der Waals surface area contributed by atoms with Gasteiger partial charge in [-0.05, 0) is 38.8 Å². The fourth-order valence-corrected chi connectivity index (χ4v) is 5.01. The largest absolute Gasteiger partial charge is 0.376 e. The standard InChI is InChI=1S/C20H23Cl3N4O2/c1-11-17(24)20(10-29-11)6-8-26(9-7-20)18-16(23)19(28)27(12(2)25-18)14-5-3-4-13(21)15(14)22/h3-5,11,17H,6-10,24H2,1-2H3/t11-,17+/m0/s1. The smallest absolute Gasteiger partial charge is 0.279 e. The van der Waals surface area contributed by atoms with Crippen molar-refractivity contribution in [3.63, 3.8) is 0 Å². The Balaban J connectivity index is 1.66. The molecule has 0 radical (unpaired) electrons. The van der Waals surface area contributed by atoms with Gasteiger partial charge in [-0.15, -0.1) is 0 Å². The maximum absolute atomic E-state index is 13.1. The molecule has 0 amide bonds. The number of hydrogen-bond acceptors (Lipinski definition) is 5. The molecule has 2 N–H and O–H groups in total. The van der Waals surface area contributed by atoms with E-state index in [-0.39, 0.29) is 33.2 Å². The van der Waals surface area contributed by atoms with Crippen molar-refractivity contribution in [1.29, 1.82) is 0 Å². The highest BCUT2D eigenvalue weighted by Crippen LogP contribution is 2.42. The van der Waals surface area contributed by atoms with Crippen LogP contribution in [-0.2, 0) is 4.74 Å². The Morgan fingerprint density at radius 3 is 2.52 bits per heavy atom. The van der Waals surface area contributed by atoms with Crippen molar-refractivity contribution in [1.82, 2.24) is 9.55 Å². The van der Waals surface area contributed by atoms with Crippen LogP contribution >= 0.6 is 34.8 Å². The monoisotopic (exact) mass is 456 g/mol. The Morgan fingerprint density at radius 1 is 1.21 bits per heavy atom. The summed E-state index contributed by atoms with van der Waals surface area (Å²) in [6, 6.07) is 5.13. The van der Waals surface area contributed by atoms with Gasteiger partial charge in [0, 0.05) is 24.5 Å². The van der Waals surface area contributed by atoms with E-state index in [1.54, 1.807) is 25.1 Å². The first-order chi connectivity index (χ1) is 13.7. The molecule has 6 nitrogen and oxygen atoms in total. The molecule has 156 valence electrons. The van der Waals surface area contributed by atoms with Crippen LogP contribution < -0.4 is 16.2 Å². The molecular weight excluding hydrogens is 435 g/mol. The van der Waals surface area contributed by atoms with Crippen LogP contribution in [0.3, 0.4) is 0 Å². The lowest BCUT2D eigenvalue weighted by Crippen LogP contribution is -2.51. The first-order valence-corrected chi connectivity index (χ1v) is 10.7. The summed E-state index contributed by atoms with van der Waals surface area (Å²) >= 11 is 18.9. The van der Waals surface area contributed by atoms with E-state index in [2.05, 4.69) is 9.88 Å². The Labute approximate surface area is 184 Å². The minimum Gasteiger partial charge on any atom is -0.376 e. The molecule has 1 aromatic heterocycles. The van der Waals surface area contributed by atoms with Crippen LogP contribution in [0.5, 0.6) is 0 Å². The van der Waals surface area contributed by atoms with Crippen LogP contribution in [0.1, 0.15) is 25.6 Å². The molecule has 0 aliphatic carbocycles. The average molecular weight is 458 g/mol. The number of nitrogens with zero attached hydrogens (tertiary/aromatic N) is 3. The van der Waals surface area contributed by atoms with Crippen LogP contribution in [0, 0.1) is 12.3 Å². The summed E-state index contributed by atoms with van der Waals surface area (Å²) in [5, 5.41) is 0.721. The summed E-state index contributed by atoms with van der Waals surface area (Å²) in [4.78, 5) is 19.8. The first-order valence-electron chi connectivity index (χ1n) is 9.61. The van der Waals surface area contributed by atoms with E-state index in [0.717, 1.165) is 25.9 Å². The Hall–Kier alpha value is -1.31. The molecule has 2 atom stereocenters. The van der Waals surface area contributed by atoms with Crippen molar-refractivity contribution < 1.29 is 4.74 Å². The second-order valence-electron chi connectivity index (χ2n) is 7.90. The molecule has 2 fully saturated rings. The maximum Gasteiger partial charge on any atom is 0.279 e. The first kappa shape index (κ1) is 20.9. The highest BCUT2D eigenvalue weighted by Gasteiger charge is 2.47. The number of anilines is 1. The highest BCUT2D eigenvalue weighted by molar-refractivity contribution is 6.43. The Bertz CT molecular complexity index is 1000. The molecule has 0 unspecified atom stereocenters. The summed E-state index contributed by atoms with van der Waals surface area (Å²) in [7, 11) is 0. The third-order valence-electron chi connectivity index (χ3n) is 6.26. The molecule has 2 saturated heterocycles. The van der Waals surface area contributed by atoms with Gasteiger partial charge in [-0.2, -0.15) is 0 Å². The zero-order chi connectivity index (χ0) is 20.9. The number of aryl methyl sites for hydroxylation is 1. The third kappa shape index (κ3) is 3.45. The van der Waals surface area contributed by atoms with Gasteiger partial charge < -0.3 is 15.4 Å². The molecule has 0 bridgehead atoms. The molecule has 9 heteroatoms. The molecule has 1 spiro atoms. The lowest BCUT2D eigenvalue weighted by molar-refractivity contribution is 0.0974. The maximum atomic E-state index is 13.1. The van der Waals surface area contributed by atoms with Gasteiger partial charge in [-0.3, -0.25) is 9.36 Å². The SMILES string of the molecule is Cc1nc(N2CCC3(CC2)CO[C@@H](C)[C@H]3N)c(Cl)c(=O)n1-c1cccc(Cl)c1Cl. The number of aromatic nitrogens is 2. The molecule has 4 rings (SSSR count). The van der Waals surface area contributed by atoms with Crippen LogP contribution in [0.4, 0.5) is 5.82 Å². The average Bonchev–Trinajstić information content (AvgIpc) is 2.97. The van der Waals surface area contributed by atoms with Crippen molar-refractivity contribution in [2.45, 2.75) is 38.8 Å². The van der Waals surface area contributed by atoms with Crippen molar-refractivity contribution in [2.24, 2.45) is 11.1 Å². The van der Waals surface area contributed by atoms with Gasteiger partial charge in [0.1, 0.15) is 10.8 Å². The number of piperidine rings is 1. The van der Waals surface area contributed by atoms with Gasteiger partial charge >= 0.3 is 0 Å². The van der Waals surface area contributed by atoms with Gasteiger partial charge in [-0.25, -0.2) is 4.98 Å². The third-order valence-corrected chi connectivity index (χ3v) is 7.40. The van der Waals surface area contributed by atoms with Gasteiger partial charge in [0.05, 0.1) is 28.4 Å². The summed E-state index contributed by atoms with van der Waals surface area (Å²) in [5.41, 5.74) is 6.48. The van der Waals surface area contributed by atoms with Crippen LogP contribution in [-0.4, -0.2) is 41.4 Å². The van der Waals surface area contributed by atoms with E-state index in [9.17, 15) is 4.79 Å². The van der Waals surface area contributed by atoms with E-state index >= 15 is 0 Å². The molecule has 1 aromatic carbocycles. The highest BCUT2D eigenvalue weighted by atomic mass is 35.5. The summed E-state index contributed by atoms with van der Waals surface area (Å²) in [5.74, 6) is 0.993. The van der Waals surface area contributed by atoms with Crippen LogP contribution in [0.2, 0.25) is 15.1 Å². The van der Waals surface area contributed by atoms with Crippen molar-refractivity contribution in [3.8, 4) is 5.69 Å². The summed E-state index contributed by atoms with van der Waals surface area (Å²) in [6.07, 6.45) is 1.81. The minimum atomic E-state index is -0.367. The molecule has 29 heavy (non-hydrogen) atoms. The topological polar surface area (TPSA) is 73.4 Å². The summed E-state index contributed by atoms with van der Waals surface area (Å²) < 4.78 is 7.18. The Morgan fingerprint density at radius 2 is 1.90 bits per heavy atom. The molecule has 2 aliphatic heterocycles. The second-order valence-corrected chi connectivity index (χ2v) is 9.06. The molecule has 2 aromatic rings. The minimum absolute atomic E-state index is 0.0132. The van der Waals surface area contributed by atoms with Gasteiger partial charge in [-0.1, -0.05) is 40.9 Å². The van der Waals surface area contributed by atoms with Gasteiger partial charge in [0.2, 0.25) is 0 Å². The lowest BCUT2D eigenvalue weighted by atomic mass is 9.73. The zero-order valence-electron chi connectivity index (χ0n) is 16.3. The van der Waals surface area contributed by atoms with Crippen molar-refractivity contribution >= 4 is 40.6 Å². The van der Waals surface area contributed by atoms with Crippen LogP contribution in [0.25, 0.3) is 5.69 Å². The summed E-state index contributed by atoms with van der Waals surface area (Å²) in [6.45, 7) is 5.90. The van der Waals surface area contributed by atoms with E-state index in [1.165, 1.54) is 4.57 Å². The van der Waals surface area contributed by atoms with E-state index in [0.29, 0.717) is 29.0 Å². The van der Waals surface area contributed by atoms with Crippen molar-refractivity contribution in [3.05, 3.63) is 49.4 Å². The zero-order valence-corrected chi connectivity index (χ0v) is 18.6. The molecule has 2 aliphatic rings. The van der Waals surface area contributed by atoms with Crippen LogP contribution in [0.15, 0.2) is 23.0 Å². The normalized spacial score (nSPS) is 23.7. The van der Waals surface area contributed by atoms with Gasteiger partial charge in [0.25, 0.3) is 5.56 Å². The number of hydrogen-bond donors (Lipinski definition) is 1. The quantitative estimate of drug-likeness (QED) is 0.742. The number of ether oxygens (including phenoxy) is 1. The fraction of sp³-hybridized carbons (Fsp3) is 0.500. The number of rotatable bonds is 2. The number of nitrogens with two attached hydrogens (primary N) is 1. The van der Waals surface area contributed by atoms with E-state index < -0.39 is 0 Å². The Kier molecular flexibility index (Phi) is 5.59. The number of halogens is 3. The molecule has 0 saturated carbocycles. The van der Waals surface area contributed by atoms with Crippen molar-refractivity contribution in [2.75, 3.05) is 24.6 Å². The fourth-order valence-electron chi connectivity index (χ4n) is 4.39. The number of benzene rings is 1. The second kappa shape index (κ2) is 7.75. The predicted molar refractivity (Wildman–Crippen MR) is 117 cm³/mol. The van der Waals surface area contributed by atoms with Gasteiger partial charge in [0.15, 0.2) is 5.82 Å². The molecule has 3 heterocycles.